The van der Waals surface area contributed by atoms with Crippen LogP contribution in [-0.2, 0) is 4.79 Å². The van der Waals surface area contributed by atoms with Crippen LogP contribution in [0.3, 0.4) is 0 Å². The summed E-state index contributed by atoms with van der Waals surface area (Å²) in [5.74, 6) is 0.0821. The van der Waals surface area contributed by atoms with Crippen LogP contribution < -0.4 is 5.32 Å². The van der Waals surface area contributed by atoms with E-state index in [1.165, 1.54) is 0 Å². The zero-order valence-corrected chi connectivity index (χ0v) is 15.4. The van der Waals surface area contributed by atoms with Gasteiger partial charge in [0.1, 0.15) is 0 Å². The Balaban J connectivity index is 2.06. The molecule has 25 heavy (non-hydrogen) atoms. The monoisotopic (exact) mass is 339 g/mol. The number of benzene rings is 2. The lowest BCUT2D eigenvalue weighted by atomic mass is 9.86. The van der Waals surface area contributed by atoms with Crippen molar-refractivity contribution in [2.24, 2.45) is 5.41 Å². The summed E-state index contributed by atoms with van der Waals surface area (Å²) in [5, 5.41) is 12.6. The van der Waals surface area contributed by atoms with Gasteiger partial charge in [-0.2, -0.15) is 0 Å². The predicted octanol–water partition coefficient (Wildman–Crippen LogP) is 4.12. The first kappa shape index (κ1) is 19.2. The molecule has 1 unspecified atom stereocenters. The van der Waals surface area contributed by atoms with Gasteiger partial charge in [0.25, 0.3) is 0 Å². The Bertz CT molecular complexity index is 611. The number of hydrogen-bond donors (Lipinski definition) is 2. The SMILES string of the molecule is CC(O)CC(C)(C)CNC(=O)CC(c1ccccc1)c1ccccc1. The Hall–Kier alpha value is -2.13. The van der Waals surface area contributed by atoms with Crippen molar-refractivity contribution >= 4 is 5.91 Å². The predicted molar refractivity (Wildman–Crippen MR) is 102 cm³/mol. The van der Waals surface area contributed by atoms with E-state index < -0.39 is 0 Å². The molecule has 3 heteroatoms. The number of hydrogen-bond acceptors (Lipinski definition) is 2. The minimum atomic E-state index is -0.367. The molecule has 0 heterocycles. The molecule has 0 fully saturated rings. The summed E-state index contributed by atoms with van der Waals surface area (Å²) in [6.45, 7) is 6.47. The summed E-state index contributed by atoms with van der Waals surface area (Å²) >= 11 is 0. The first-order valence-electron chi connectivity index (χ1n) is 8.92. The Morgan fingerprint density at radius 2 is 1.48 bits per heavy atom. The van der Waals surface area contributed by atoms with Gasteiger partial charge in [-0.05, 0) is 29.9 Å². The first-order chi connectivity index (χ1) is 11.9. The van der Waals surface area contributed by atoms with Gasteiger partial charge in [0.05, 0.1) is 6.10 Å². The molecule has 0 bridgehead atoms. The Labute approximate surface area is 151 Å². The van der Waals surface area contributed by atoms with Crippen LogP contribution in [0.2, 0.25) is 0 Å². The third-order valence-corrected chi connectivity index (χ3v) is 4.41. The molecule has 0 radical (unpaired) electrons. The van der Waals surface area contributed by atoms with Gasteiger partial charge in [0, 0.05) is 18.9 Å². The van der Waals surface area contributed by atoms with Crippen molar-refractivity contribution in [1.29, 1.82) is 0 Å². The lowest BCUT2D eigenvalue weighted by molar-refractivity contribution is -0.121. The average molecular weight is 339 g/mol. The molecule has 1 atom stereocenters. The highest BCUT2D eigenvalue weighted by molar-refractivity contribution is 5.77. The van der Waals surface area contributed by atoms with Crippen molar-refractivity contribution in [3.63, 3.8) is 0 Å². The van der Waals surface area contributed by atoms with Crippen LogP contribution in [-0.4, -0.2) is 23.7 Å². The van der Waals surface area contributed by atoms with Crippen LogP contribution in [0.25, 0.3) is 0 Å². The van der Waals surface area contributed by atoms with Crippen LogP contribution in [0, 0.1) is 5.41 Å². The summed E-state index contributed by atoms with van der Waals surface area (Å²) < 4.78 is 0. The van der Waals surface area contributed by atoms with Crippen LogP contribution in [0.1, 0.15) is 50.7 Å². The zero-order valence-electron chi connectivity index (χ0n) is 15.4. The van der Waals surface area contributed by atoms with E-state index in [0.717, 1.165) is 11.1 Å². The van der Waals surface area contributed by atoms with Crippen molar-refractivity contribution in [3.8, 4) is 0 Å². The van der Waals surface area contributed by atoms with Crippen molar-refractivity contribution < 1.29 is 9.90 Å². The number of carbonyl (C=O) groups excluding carboxylic acids is 1. The number of aliphatic hydroxyl groups is 1. The van der Waals surface area contributed by atoms with Crippen molar-refractivity contribution in [2.45, 2.75) is 45.6 Å². The molecule has 134 valence electrons. The van der Waals surface area contributed by atoms with Gasteiger partial charge in [-0.3, -0.25) is 4.79 Å². The molecule has 2 aromatic rings. The van der Waals surface area contributed by atoms with E-state index in [1.54, 1.807) is 6.92 Å². The van der Waals surface area contributed by atoms with E-state index in [-0.39, 0.29) is 23.3 Å². The average Bonchev–Trinajstić information content (AvgIpc) is 2.58. The van der Waals surface area contributed by atoms with Gasteiger partial charge >= 0.3 is 0 Å². The summed E-state index contributed by atoms with van der Waals surface area (Å²) in [4.78, 5) is 12.6. The van der Waals surface area contributed by atoms with Gasteiger partial charge in [-0.25, -0.2) is 0 Å². The van der Waals surface area contributed by atoms with Gasteiger partial charge in [-0.15, -0.1) is 0 Å². The van der Waals surface area contributed by atoms with Crippen molar-refractivity contribution in [2.75, 3.05) is 6.54 Å². The third kappa shape index (κ3) is 6.35. The van der Waals surface area contributed by atoms with Gasteiger partial charge in [-0.1, -0.05) is 74.5 Å². The highest BCUT2D eigenvalue weighted by Gasteiger charge is 2.23. The van der Waals surface area contributed by atoms with E-state index in [9.17, 15) is 9.90 Å². The molecule has 3 nitrogen and oxygen atoms in total. The molecule has 0 aliphatic heterocycles. The van der Waals surface area contributed by atoms with Crippen LogP contribution in [0.5, 0.6) is 0 Å². The lowest BCUT2D eigenvalue weighted by Crippen LogP contribution is -2.36. The summed E-state index contributed by atoms with van der Waals surface area (Å²) in [6, 6.07) is 20.3. The van der Waals surface area contributed by atoms with E-state index >= 15 is 0 Å². The van der Waals surface area contributed by atoms with Gasteiger partial charge in [0.15, 0.2) is 0 Å². The number of aliphatic hydroxyl groups excluding tert-OH is 1. The topological polar surface area (TPSA) is 49.3 Å². The lowest BCUT2D eigenvalue weighted by Gasteiger charge is -2.27. The summed E-state index contributed by atoms with van der Waals surface area (Å²) in [5.41, 5.74) is 2.16. The maximum atomic E-state index is 12.6. The van der Waals surface area contributed by atoms with Crippen LogP contribution in [0.15, 0.2) is 60.7 Å². The number of carbonyl (C=O) groups is 1. The molecule has 2 rings (SSSR count). The van der Waals surface area contributed by atoms with E-state index in [2.05, 4.69) is 43.4 Å². The standard InChI is InChI=1S/C22H29NO2/c1-17(24)15-22(2,3)16-23-21(25)14-20(18-10-6-4-7-11-18)19-12-8-5-9-13-19/h4-13,17,20,24H,14-16H2,1-3H3,(H,23,25). The fourth-order valence-corrected chi connectivity index (χ4v) is 3.27. The van der Waals surface area contributed by atoms with Crippen molar-refractivity contribution in [1.82, 2.24) is 5.32 Å². The molecule has 0 aromatic heterocycles. The van der Waals surface area contributed by atoms with Crippen LogP contribution in [0.4, 0.5) is 0 Å². The minimum absolute atomic E-state index is 0.0383. The second kappa shape index (κ2) is 8.82. The van der Waals surface area contributed by atoms with E-state index in [0.29, 0.717) is 19.4 Å². The summed E-state index contributed by atoms with van der Waals surface area (Å²) in [7, 11) is 0. The summed E-state index contributed by atoms with van der Waals surface area (Å²) in [6.07, 6.45) is 0.709. The number of nitrogens with one attached hydrogen (secondary N) is 1. The minimum Gasteiger partial charge on any atom is -0.393 e. The maximum Gasteiger partial charge on any atom is 0.220 e. The number of amides is 1. The van der Waals surface area contributed by atoms with Gasteiger partial charge in [0.2, 0.25) is 5.91 Å². The quantitative estimate of drug-likeness (QED) is 0.760. The fourth-order valence-electron chi connectivity index (χ4n) is 3.27. The number of rotatable bonds is 8. The maximum absolute atomic E-state index is 12.6. The normalized spacial score (nSPS) is 12.8. The Morgan fingerprint density at radius 3 is 1.92 bits per heavy atom. The Morgan fingerprint density at radius 1 is 1.00 bits per heavy atom. The molecule has 0 spiro atoms. The smallest absolute Gasteiger partial charge is 0.220 e. The second-order valence-electron chi connectivity index (χ2n) is 7.57. The molecular formula is C22H29NO2. The molecular weight excluding hydrogens is 310 g/mol. The first-order valence-corrected chi connectivity index (χ1v) is 8.92. The highest BCUT2D eigenvalue weighted by Crippen LogP contribution is 2.28. The molecule has 0 aliphatic carbocycles. The molecule has 1 amide bonds. The zero-order chi connectivity index (χ0) is 18.3. The molecule has 0 saturated carbocycles. The second-order valence-corrected chi connectivity index (χ2v) is 7.57. The van der Waals surface area contributed by atoms with Gasteiger partial charge < -0.3 is 10.4 Å². The molecule has 0 saturated heterocycles. The van der Waals surface area contributed by atoms with E-state index in [4.69, 9.17) is 0 Å². The molecule has 0 aliphatic rings. The van der Waals surface area contributed by atoms with Crippen molar-refractivity contribution in [3.05, 3.63) is 71.8 Å². The third-order valence-electron chi connectivity index (χ3n) is 4.41. The molecule has 2 aromatic carbocycles. The van der Waals surface area contributed by atoms with E-state index in [1.807, 2.05) is 36.4 Å². The molecule has 2 N–H and O–H groups in total. The highest BCUT2D eigenvalue weighted by atomic mass is 16.3. The fraction of sp³-hybridized carbons (Fsp3) is 0.409. The largest absolute Gasteiger partial charge is 0.393 e. The van der Waals surface area contributed by atoms with Crippen LogP contribution >= 0.6 is 0 Å². The Kier molecular flexibility index (Phi) is 6.77.